The number of rotatable bonds is 6. The first-order valence-electron chi connectivity index (χ1n) is 9.77. The molecule has 0 bridgehead atoms. The van der Waals surface area contributed by atoms with Crippen LogP contribution in [0.1, 0.15) is 48.3 Å². The highest BCUT2D eigenvalue weighted by atomic mass is 16.5. The summed E-state index contributed by atoms with van der Waals surface area (Å²) in [6.07, 6.45) is 2.94. The predicted octanol–water partition coefficient (Wildman–Crippen LogP) is 4.22. The van der Waals surface area contributed by atoms with Gasteiger partial charge in [-0.3, -0.25) is 4.79 Å². The number of fused-ring (bicyclic) bond motifs is 1. The summed E-state index contributed by atoms with van der Waals surface area (Å²) >= 11 is 0. The van der Waals surface area contributed by atoms with E-state index in [1.165, 1.54) is 0 Å². The van der Waals surface area contributed by atoms with Crippen LogP contribution in [0.25, 0.3) is 0 Å². The van der Waals surface area contributed by atoms with Gasteiger partial charge >= 0.3 is 0 Å². The van der Waals surface area contributed by atoms with Crippen molar-refractivity contribution >= 4 is 11.6 Å². The molecule has 2 unspecified atom stereocenters. The molecule has 2 atom stereocenters. The van der Waals surface area contributed by atoms with Gasteiger partial charge in [0.15, 0.2) is 0 Å². The second-order valence-corrected chi connectivity index (χ2v) is 7.07. The lowest BCUT2D eigenvalue weighted by atomic mass is 10.0. The minimum atomic E-state index is -0.243. The predicted molar refractivity (Wildman–Crippen MR) is 105 cm³/mol. The molecule has 0 spiro atoms. The molecule has 0 aliphatic carbocycles. The quantitative estimate of drug-likeness (QED) is 0.832. The number of hydrogen-bond donors (Lipinski definition) is 1. The largest absolute Gasteiger partial charge is 0.490 e. The van der Waals surface area contributed by atoms with Crippen molar-refractivity contribution < 1.29 is 14.3 Å². The summed E-state index contributed by atoms with van der Waals surface area (Å²) in [6, 6.07) is 15.7. The molecule has 5 nitrogen and oxygen atoms in total. The van der Waals surface area contributed by atoms with E-state index in [9.17, 15) is 4.79 Å². The van der Waals surface area contributed by atoms with Crippen LogP contribution in [0.5, 0.6) is 5.75 Å². The van der Waals surface area contributed by atoms with Gasteiger partial charge in [-0.2, -0.15) is 0 Å². The lowest BCUT2D eigenvalue weighted by Gasteiger charge is -2.38. The summed E-state index contributed by atoms with van der Waals surface area (Å²) in [5.74, 6) is 0.865. The summed E-state index contributed by atoms with van der Waals surface area (Å²) in [7, 11) is 0. The Morgan fingerprint density at radius 2 is 2.00 bits per heavy atom. The molecule has 0 aromatic heterocycles. The maximum absolute atomic E-state index is 13.1. The molecule has 0 radical (unpaired) electrons. The van der Waals surface area contributed by atoms with E-state index in [-0.39, 0.29) is 18.2 Å². The molecule has 2 aliphatic heterocycles. The fourth-order valence-corrected chi connectivity index (χ4v) is 3.81. The molecule has 1 N–H and O–H groups in total. The van der Waals surface area contributed by atoms with E-state index in [0.717, 1.165) is 48.4 Å². The second-order valence-electron chi connectivity index (χ2n) is 7.07. The molecule has 142 valence electrons. The van der Waals surface area contributed by atoms with Crippen LogP contribution in [0, 0.1) is 0 Å². The Kier molecular flexibility index (Phi) is 5.30. The van der Waals surface area contributed by atoms with Crippen LogP contribution in [0.3, 0.4) is 0 Å². The van der Waals surface area contributed by atoms with Crippen molar-refractivity contribution in [2.45, 2.75) is 38.5 Å². The van der Waals surface area contributed by atoms with E-state index in [1.54, 1.807) is 0 Å². The van der Waals surface area contributed by atoms with Gasteiger partial charge in [-0.15, -0.1) is 0 Å². The number of nitrogens with zero attached hydrogens (tertiary/aromatic N) is 1. The third-order valence-corrected chi connectivity index (χ3v) is 5.15. The number of hydrogen-bond acceptors (Lipinski definition) is 4. The molecule has 5 heteroatoms. The maximum Gasteiger partial charge on any atom is 0.257 e. The highest BCUT2D eigenvalue weighted by Crippen LogP contribution is 2.37. The summed E-state index contributed by atoms with van der Waals surface area (Å²) in [4.78, 5) is 15.0. The maximum atomic E-state index is 13.1. The zero-order valence-corrected chi connectivity index (χ0v) is 15.7. The number of nitrogens with one attached hydrogen (secondary N) is 1. The van der Waals surface area contributed by atoms with Gasteiger partial charge in [0.25, 0.3) is 5.91 Å². The second kappa shape index (κ2) is 8.01. The van der Waals surface area contributed by atoms with Crippen molar-refractivity contribution in [3.8, 4) is 5.75 Å². The molecular weight excluding hydrogens is 340 g/mol. The van der Waals surface area contributed by atoms with Crippen LogP contribution < -0.4 is 10.1 Å². The van der Waals surface area contributed by atoms with Gasteiger partial charge in [-0.25, -0.2) is 0 Å². The lowest BCUT2D eigenvalue weighted by Crippen LogP contribution is -2.43. The summed E-state index contributed by atoms with van der Waals surface area (Å²) < 4.78 is 11.8. The molecule has 27 heavy (non-hydrogen) atoms. The number of anilines is 1. The lowest BCUT2D eigenvalue weighted by molar-refractivity contribution is 0.0635. The Hall–Kier alpha value is -2.53. The summed E-state index contributed by atoms with van der Waals surface area (Å²) in [5, 5.41) is 3.54. The fraction of sp³-hybridized carbons (Fsp3) is 0.409. The number of benzene rings is 2. The first kappa shape index (κ1) is 17.9. The van der Waals surface area contributed by atoms with Gasteiger partial charge in [0.1, 0.15) is 18.5 Å². The zero-order valence-electron chi connectivity index (χ0n) is 15.7. The van der Waals surface area contributed by atoms with Gasteiger partial charge in [-0.05, 0) is 37.5 Å². The van der Waals surface area contributed by atoms with E-state index in [4.69, 9.17) is 9.47 Å². The minimum Gasteiger partial charge on any atom is -0.490 e. The Labute approximate surface area is 160 Å². The molecule has 2 aliphatic rings. The van der Waals surface area contributed by atoms with Crippen LogP contribution in [-0.2, 0) is 4.74 Å². The molecule has 4 rings (SSSR count). The topological polar surface area (TPSA) is 50.8 Å². The van der Waals surface area contributed by atoms with Gasteiger partial charge in [0.2, 0.25) is 0 Å². The third-order valence-electron chi connectivity index (χ3n) is 5.15. The number of carbonyl (C=O) groups excluding carboxylic acids is 1. The standard InChI is InChI=1S/C22H26N2O3/c1-2-13-24-21(23-19-11-5-3-9-17(19)22(24)25)18-10-4-6-12-20(18)27-15-16-8-7-14-26-16/h3-6,9-12,16,21,23H,2,7-8,13-15H2,1H3. The molecule has 2 aromatic carbocycles. The average molecular weight is 366 g/mol. The van der Waals surface area contributed by atoms with Crippen LogP contribution in [0.15, 0.2) is 48.5 Å². The van der Waals surface area contributed by atoms with Crippen LogP contribution in [0.2, 0.25) is 0 Å². The molecule has 2 heterocycles. The van der Waals surface area contributed by atoms with Gasteiger partial charge in [0, 0.05) is 24.4 Å². The van der Waals surface area contributed by atoms with E-state index in [0.29, 0.717) is 13.2 Å². The van der Waals surface area contributed by atoms with E-state index in [2.05, 4.69) is 12.2 Å². The normalized spacial score (nSPS) is 21.7. The molecule has 1 fully saturated rings. The minimum absolute atomic E-state index is 0.0603. The first-order valence-corrected chi connectivity index (χ1v) is 9.77. The summed E-state index contributed by atoms with van der Waals surface area (Å²) in [5.41, 5.74) is 2.57. The highest BCUT2D eigenvalue weighted by Gasteiger charge is 2.33. The van der Waals surface area contributed by atoms with Gasteiger partial charge in [-0.1, -0.05) is 37.3 Å². The number of amides is 1. The van der Waals surface area contributed by atoms with Crippen molar-refractivity contribution in [2.75, 3.05) is 25.1 Å². The number of ether oxygens (including phenoxy) is 2. The van der Waals surface area contributed by atoms with Crippen LogP contribution in [-0.4, -0.2) is 36.7 Å². The SMILES string of the molecule is CCCN1C(=O)c2ccccc2NC1c1ccccc1OCC1CCCO1. The van der Waals surface area contributed by atoms with Crippen LogP contribution >= 0.6 is 0 Å². The average Bonchev–Trinajstić information content (AvgIpc) is 3.22. The van der Waals surface area contributed by atoms with E-state index < -0.39 is 0 Å². The molecular formula is C22H26N2O3. The number of carbonyl (C=O) groups is 1. The van der Waals surface area contributed by atoms with Crippen molar-refractivity contribution in [3.63, 3.8) is 0 Å². The van der Waals surface area contributed by atoms with Crippen molar-refractivity contribution in [2.24, 2.45) is 0 Å². The van der Waals surface area contributed by atoms with Crippen molar-refractivity contribution in [3.05, 3.63) is 59.7 Å². The van der Waals surface area contributed by atoms with E-state index >= 15 is 0 Å². The third kappa shape index (κ3) is 3.65. The Morgan fingerprint density at radius 3 is 2.81 bits per heavy atom. The highest BCUT2D eigenvalue weighted by molar-refractivity contribution is 6.01. The Morgan fingerprint density at radius 1 is 1.19 bits per heavy atom. The molecule has 0 saturated carbocycles. The summed E-state index contributed by atoms with van der Waals surface area (Å²) in [6.45, 7) is 4.13. The number of para-hydroxylation sites is 2. The van der Waals surface area contributed by atoms with Crippen molar-refractivity contribution in [1.82, 2.24) is 4.90 Å². The first-order chi connectivity index (χ1) is 13.3. The van der Waals surface area contributed by atoms with E-state index in [1.807, 2.05) is 53.4 Å². The van der Waals surface area contributed by atoms with Crippen LogP contribution in [0.4, 0.5) is 5.69 Å². The monoisotopic (exact) mass is 366 g/mol. The van der Waals surface area contributed by atoms with Crippen molar-refractivity contribution in [1.29, 1.82) is 0 Å². The van der Waals surface area contributed by atoms with Gasteiger partial charge in [0.05, 0.1) is 11.7 Å². The molecule has 1 amide bonds. The fourth-order valence-electron chi connectivity index (χ4n) is 3.81. The zero-order chi connectivity index (χ0) is 18.6. The smallest absolute Gasteiger partial charge is 0.257 e. The molecule has 2 aromatic rings. The molecule has 1 saturated heterocycles. The van der Waals surface area contributed by atoms with Gasteiger partial charge < -0.3 is 19.7 Å². The Balaban J connectivity index is 1.63. The Bertz CT molecular complexity index is 802.